The van der Waals surface area contributed by atoms with Gasteiger partial charge in [0, 0.05) is 13.0 Å². The van der Waals surface area contributed by atoms with Crippen molar-refractivity contribution in [3.05, 3.63) is 29.8 Å². The molecule has 1 aromatic carbocycles. The van der Waals surface area contributed by atoms with Crippen molar-refractivity contribution >= 4 is 11.9 Å². The summed E-state index contributed by atoms with van der Waals surface area (Å²) >= 11 is 0. The quantitative estimate of drug-likeness (QED) is 0.901. The van der Waals surface area contributed by atoms with Crippen LogP contribution < -0.4 is 4.74 Å². The summed E-state index contributed by atoms with van der Waals surface area (Å²) in [6.45, 7) is 0.358. The monoisotopic (exact) mass is 331 g/mol. The fraction of sp³-hybridized carbons (Fsp3) is 0.467. The number of hydrogen-bond donors (Lipinski definition) is 1. The Bertz CT molecular complexity index is 588. The fourth-order valence-corrected chi connectivity index (χ4v) is 2.64. The van der Waals surface area contributed by atoms with Crippen LogP contribution in [-0.4, -0.2) is 40.8 Å². The Morgan fingerprint density at radius 3 is 2.65 bits per heavy atom. The average molecular weight is 331 g/mol. The number of carbonyl (C=O) groups is 2. The molecule has 0 radical (unpaired) electrons. The number of rotatable bonds is 5. The van der Waals surface area contributed by atoms with Crippen molar-refractivity contribution in [3.8, 4) is 5.75 Å². The van der Waals surface area contributed by atoms with E-state index in [-0.39, 0.29) is 30.1 Å². The van der Waals surface area contributed by atoms with Crippen LogP contribution in [0.4, 0.5) is 13.2 Å². The summed E-state index contributed by atoms with van der Waals surface area (Å²) in [5.41, 5.74) is 0.254. The van der Waals surface area contributed by atoms with E-state index in [0.29, 0.717) is 19.4 Å². The standard InChI is InChI=1S/C15H16F3NO4/c16-15(17,18)23-12-6-2-1-4-10(12)7-8-13(20)19-9-3-5-11(19)14(21)22/h1-2,4,6,11H,3,5,7-9H2,(H,21,22). The largest absolute Gasteiger partial charge is 0.573 e. The van der Waals surface area contributed by atoms with E-state index >= 15 is 0 Å². The van der Waals surface area contributed by atoms with Gasteiger partial charge in [0.2, 0.25) is 5.91 Å². The van der Waals surface area contributed by atoms with Gasteiger partial charge in [-0.1, -0.05) is 18.2 Å². The first-order valence-corrected chi connectivity index (χ1v) is 7.14. The molecule has 0 bridgehead atoms. The highest BCUT2D eigenvalue weighted by atomic mass is 19.4. The highest BCUT2D eigenvalue weighted by molar-refractivity contribution is 5.84. The number of aliphatic carboxylic acids is 1. The van der Waals surface area contributed by atoms with Gasteiger partial charge in [-0.15, -0.1) is 13.2 Å². The van der Waals surface area contributed by atoms with Gasteiger partial charge in [-0.2, -0.15) is 0 Å². The summed E-state index contributed by atoms with van der Waals surface area (Å²) in [7, 11) is 0. The maximum Gasteiger partial charge on any atom is 0.573 e. The molecule has 1 atom stereocenters. The highest BCUT2D eigenvalue weighted by Crippen LogP contribution is 2.27. The first-order chi connectivity index (χ1) is 10.8. The van der Waals surface area contributed by atoms with Crippen LogP contribution >= 0.6 is 0 Å². The van der Waals surface area contributed by atoms with Crippen LogP contribution in [0.2, 0.25) is 0 Å². The Morgan fingerprint density at radius 1 is 1.30 bits per heavy atom. The molecule has 1 amide bonds. The van der Waals surface area contributed by atoms with Crippen molar-refractivity contribution in [1.29, 1.82) is 0 Å². The SMILES string of the molecule is O=C(O)C1CCCN1C(=O)CCc1ccccc1OC(F)(F)F. The van der Waals surface area contributed by atoms with Gasteiger partial charge < -0.3 is 14.7 Å². The molecule has 0 aliphatic carbocycles. The second kappa shape index (κ2) is 6.89. The normalized spacial score (nSPS) is 18.0. The van der Waals surface area contributed by atoms with Gasteiger partial charge in [0.1, 0.15) is 11.8 Å². The molecule has 5 nitrogen and oxygen atoms in total. The molecular weight excluding hydrogens is 315 g/mol. The molecule has 1 N–H and O–H groups in total. The van der Waals surface area contributed by atoms with Crippen LogP contribution in [0.15, 0.2) is 24.3 Å². The lowest BCUT2D eigenvalue weighted by atomic mass is 10.1. The van der Waals surface area contributed by atoms with Gasteiger partial charge in [0.05, 0.1) is 0 Å². The number of carbonyl (C=O) groups excluding carboxylic acids is 1. The summed E-state index contributed by atoms with van der Waals surface area (Å²) in [6.07, 6.45) is -3.81. The molecule has 8 heteroatoms. The Kier molecular flexibility index (Phi) is 5.12. The zero-order valence-electron chi connectivity index (χ0n) is 12.2. The minimum absolute atomic E-state index is 0.0495. The third kappa shape index (κ3) is 4.61. The first kappa shape index (κ1) is 17.1. The van der Waals surface area contributed by atoms with E-state index in [2.05, 4.69) is 4.74 Å². The molecule has 1 fully saturated rings. The van der Waals surface area contributed by atoms with Crippen LogP contribution in [0.3, 0.4) is 0 Å². The number of carboxylic acids is 1. The molecule has 1 aliphatic rings. The lowest BCUT2D eigenvalue weighted by molar-refractivity contribution is -0.274. The number of likely N-dealkylation sites (tertiary alicyclic amines) is 1. The van der Waals surface area contributed by atoms with Crippen molar-refractivity contribution in [3.63, 3.8) is 0 Å². The van der Waals surface area contributed by atoms with Gasteiger partial charge in [0.15, 0.2) is 0 Å². The second-order valence-corrected chi connectivity index (χ2v) is 5.24. The van der Waals surface area contributed by atoms with Crippen molar-refractivity contribution in [2.24, 2.45) is 0 Å². The molecule has 126 valence electrons. The number of amides is 1. The predicted octanol–water partition coefficient (Wildman–Crippen LogP) is 2.59. The van der Waals surface area contributed by atoms with Crippen molar-refractivity contribution in [2.45, 2.75) is 38.1 Å². The number of halogens is 3. The molecule has 1 aliphatic heterocycles. The third-order valence-corrected chi connectivity index (χ3v) is 3.66. The van der Waals surface area contributed by atoms with E-state index < -0.39 is 18.4 Å². The molecule has 1 saturated heterocycles. The zero-order valence-corrected chi connectivity index (χ0v) is 12.2. The van der Waals surface area contributed by atoms with Gasteiger partial charge in [0.25, 0.3) is 0 Å². The van der Waals surface area contributed by atoms with Crippen LogP contribution in [0.25, 0.3) is 0 Å². The van der Waals surface area contributed by atoms with E-state index in [0.717, 1.165) is 0 Å². The van der Waals surface area contributed by atoms with E-state index in [9.17, 15) is 22.8 Å². The number of ether oxygens (including phenoxy) is 1. The van der Waals surface area contributed by atoms with Crippen molar-refractivity contribution < 1.29 is 32.6 Å². The molecule has 0 spiro atoms. The van der Waals surface area contributed by atoms with Crippen molar-refractivity contribution in [2.75, 3.05) is 6.54 Å². The van der Waals surface area contributed by atoms with Gasteiger partial charge in [-0.05, 0) is 30.9 Å². The maximum absolute atomic E-state index is 12.3. The molecule has 1 aromatic rings. The molecule has 1 heterocycles. The average Bonchev–Trinajstić information content (AvgIpc) is 2.94. The fourth-order valence-electron chi connectivity index (χ4n) is 2.64. The summed E-state index contributed by atoms with van der Waals surface area (Å²) in [5, 5.41) is 9.05. The molecule has 0 aromatic heterocycles. The molecule has 23 heavy (non-hydrogen) atoms. The zero-order chi connectivity index (χ0) is 17.0. The van der Waals surface area contributed by atoms with E-state index in [4.69, 9.17) is 5.11 Å². The summed E-state index contributed by atoms with van der Waals surface area (Å²) in [5.74, 6) is -1.78. The number of aryl methyl sites for hydroxylation is 1. The smallest absolute Gasteiger partial charge is 0.480 e. The van der Waals surface area contributed by atoms with E-state index in [1.165, 1.54) is 23.1 Å². The summed E-state index contributed by atoms with van der Waals surface area (Å²) < 4.78 is 41.0. The van der Waals surface area contributed by atoms with Crippen LogP contribution in [-0.2, 0) is 16.0 Å². The maximum atomic E-state index is 12.3. The number of alkyl halides is 3. The van der Waals surface area contributed by atoms with Gasteiger partial charge >= 0.3 is 12.3 Å². The van der Waals surface area contributed by atoms with Gasteiger partial charge in [-0.3, -0.25) is 4.79 Å². The van der Waals surface area contributed by atoms with Crippen LogP contribution in [0, 0.1) is 0 Å². The minimum Gasteiger partial charge on any atom is -0.480 e. The van der Waals surface area contributed by atoms with Gasteiger partial charge in [-0.25, -0.2) is 4.79 Å². The van der Waals surface area contributed by atoms with Crippen LogP contribution in [0.1, 0.15) is 24.8 Å². The highest BCUT2D eigenvalue weighted by Gasteiger charge is 2.34. The Labute approximate surface area is 130 Å². The number of carboxylic acid groups (broad SMARTS) is 1. The Balaban J connectivity index is 2.01. The molecule has 2 rings (SSSR count). The van der Waals surface area contributed by atoms with E-state index in [1.54, 1.807) is 6.07 Å². The third-order valence-electron chi connectivity index (χ3n) is 3.66. The predicted molar refractivity (Wildman–Crippen MR) is 73.8 cm³/mol. The first-order valence-electron chi connectivity index (χ1n) is 7.14. The summed E-state index contributed by atoms with van der Waals surface area (Å²) in [6, 6.07) is 4.76. The molecule has 0 saturated carbocycles. The number of para-hydroxylation sites is 1. The number of benzene rings is 1. The summed E-state index contributed by atoms with van der Waals surface area (Å²) in [4.78, 5) is 24.5. The van der Waals surface area contributed by atoms with Crippen molar-refractivity contribution in [1.82, 2.24) is 4.90 Å². The number of nitrogens with zero attached hydrogens (tertiary/aromatic N) is 1. The minimum atomic E-state index is -4.80. The Hall–Kier alpha value is -2.25. The van der Waals surface area contributed by atoms with Crippen LogP contribution in [0.5, 0.6) is 5.75 Å². The Morgan fingerprint density at radius 2 is 2.00 bits per heavy atom. The number of hydrogen-bond acceptors (Lipinski definition) is 3. The molecule has 1 unspecified atom stereocenters. The lowest BCUT2D eigenvalue weighted by Crippen LogP contribution is -2.40. The second-order valence-electron chi connectivity index (χ2n) is 5.24. The lowest BCUT2D eigenvalue weighted by Gasteiger charge is -2.21. The van der Waals surface area contributed by atoms with E-state index in [1.807, 2.05) is 0 Å². The topological polar surface area (TPSA) is 66.8 Å². The molecular formula is C15H16F3NO4.